The van der Waals surface area contributed by atoms with Crippen LogP contribution in [-0.2, 0) is 4.79 Å². The molecule has 0 aromatic heterocycles. The van der Waals surface area contributed by atoms with Crippen LogP contribution in [0.1, 0.15) is 59.5 Å². The van der Waals surface area contributed by atoms with Crippen LogP contribution in [0.5, 0.6) is 0 Å². The molecule has 7 nitrogen and oxygen atoms in total. The normalized spacial score (nSPS) is 17.1. The van der Waals surface area contributed by atoms with Gasteiger partial charge in [0.15, 0.2) is 11.7 Å². The molecule has 0 saturated carbocycles. The molecule has 1 heterocycles. The van der Waals surface area contributed by atoms with Crippen molar-refractivity contribution in [2.75, 3.05) is 19.6 Å². The summed E-state index contributed by atoms with van der Waals surface area (Å²) in [6.45, 7) is 1.68. The SMILES string of the molecule is NC(N)=NCCC[C@H]1N[C@H](CCC(=O)c2ccc3ccccc3c2)CCN(CC(c2ccccc2)c2ccccc2)C1=O. The number of guanidine groups is 1. The van der Waals surface area contributed by atoms with Crippen molar-refractivity contribution in [3.63, 3.8) is 0 Å². The monoisotopic (exact) mass is 575 g/mol. The Morgan fingerprint density at radius 1 is 0.860 bits per heavy atom. The summed E-state index contributed by atoms with van der Waals surface area (Å²) in [4.78, 5) is 33.4. The molecule has 0 spiro atoms. The number of fused-ring (bicyclic) bond motifs is 1. The van der Waals surface area contributed by atoms with Crippen LogP contribution in [-0.4, -0.2) is 54.3 Å². The number of ketones is 1. The highest BCUT2D eigenvalue weighted by atomic mass is 16.2. The Hall–Kier alpha value is -4.49. The third kappa shape index (κ3) is 8.08. The van der Waals surface area contributed by atoms with Crippen molar-refractivity contribution in [1.82, 2.24) is 10.2 Å². The van der Waals surface area contributed by atoms with E-state index < -0.39 is 0 Å². The predicted octanol–water partition coefficient (Wildman–Crippen LogP) is 5.25. The summed E-state index contributed by atoms with van der Waals surface area (Å²) in [5, 5.41) is 5.80. The van der Waals surface area contributed by atoms with Crippen LogP contribution in [0.4, 0.5) is 0 Å². The van der Waals surface area contributed by atoms with E-state index in [1.807, 2.05) is 77.7 Å². The molecular formula is C36H41N5O2. The van der Waals surface area contributed by atoms with E-state index in [0.29, 0.717) is 45.3 Å². The van der Waals surface area contributed by atoms with Crippen molar-refractivity contribution in [3.05, 3.63) is 120 Å². The number of benzene rings is 4. The molecule has 5 rings (SSSR count). The highest BCUT2D eigenvalue weighted by Gasteiger charge is 2.32. The van der Waals surface area contributed by atoms with E-state index in [1.54, 1.807) is 0 Å². The zero-order valence-corrected chi connectivity index (χ0v) is 24.6. The highest BCUT2D eigenvalue weighted by Crippen LogP contribution is 2.27. The van der Waals surface area contributed by atoms with E-state index in [-0.39, 0.29) is 35.7 Å². The zero-order chi connectivity index (χ0) is 30.0. The van der Waals surface area contributed by atoms with Gasteiger partial charge >= 0.3 is 0 Å². The Labute approximate surface area is 254 Å². The molecule has 0 radical (unpaired) electrons. The number of Topliss-reactive ketones (excluding diaryl/α,β-unsaturated/α-hetero) is 1. The summed E-state index contributed by atoms with van der Waals surface area (Å²) in [6.07, 6.45) is 3.15. The fraction of sp³-hybridized carbons (Fsp3) is 0.306. The molecular weight excluding hydrogens is 534 g/mol. The first-order valence-corrected chi connectivity index (χ1v) is 15.2. The van der Waals surface area contributed by atoms with Gasteiger partial charge in [0, 0.05) is 43.6 Å². The first-order chi connectivity index (χ1) is 21.0. The van der Waals surface area contributed by atoms with E-state index in [1.165, 1.54) is 11.1 Å². The van der Waals surface area contributed by atoms with Gasteiger partial charge in [0.25, 0.3) is 0 Å². The third-order valence-electron chi connectivity index (χ3n) is 8.34. The number of hydrogen-bond acceptors (Lipinski definition) is 4. The van der Waals surface area contributed by atoms with Crippen LogP contribution < -0.4 is 16.8 Å². The van der Waals surface area contributed by atoms with Crippen LogP contribution in [0.2, 0.25) is 0 Å². The maximum absolute atomic E-state index is 14.0. The topological polar surface area (TPSA) is 114 Å². The van der Waals surface area contributed by atoms with Gasteiger partial charge in [-0.25, -0.2) is 0 Å². The lowest BCUT2D eigenvalue weighted by Crippen LogP contribution is -2.46. The first kappa shape index (κ1) is 30.0. The lowest BCUT2D eigenvalue weighted by molar-refractivity contribution is -0.133. The second-order valence-corrected chi connectivity index (χ2v) is 11.3. The van der Waals surface area contributed by atoms with Gasteiger partial charge in [0.05, 0.1) is 6.04 Å². The predicted molar refractivity (Wildman–Crippen MR) is 174 cm³/mol. The molecule has 222 valence electrons. The van der Waals surface area contributed by atoms with E-state index >= 15 is 0 Å². The Kier molecular flexibility index (Phi) is 10.2. The van der Waals surface area contributed by atoms with E-state index in [0.717, 1.165) is 22.8 Å². The van der Waals surface area contributed by atoms with Gasteiger partial charge in [-0.05, 0) is 53.6 Å². The van der Waals surface area contributed by atoms with Crippen molar-refractivity contribution >= 4 is 28.4 Å². The smallest absolute Gasteiger partial charge is 0.239 e. The number of aliphatic imine (C=N–C) groups is 1. The summed E-state index contributed by atoms with van der Waals surface area (Å²) in [7, 11) is 0. The molecule has 1 amide bonds. The number of nitrogens with zero attached hydrogens (tertiary/aromatic N) is 2. The van der Waals surface area contributed by atoms with Crippen LogP contribution in [0.15, 0.2) is 108 Å². The number of carbonyl (C=O) groups is 2. The molecule has 1 fully saturated rings. The Bertz CT molecular complexity index is 1500. The van der Waals surface area contributed by atoms with Crippen LogP contribution >= 0.6 is 0 Å². The van der Waals surface area contributed by atoms with Gasteiger partial charge < -0.3 is 21.7 Å². The quantitative estimate of drug-likeness (QED) is 0.0925. The number of carbonyl (C=O) groups excluding carboxylic acids is 2. The largest absolute Gasteiger partial charge is 0.370 e. The number of hydrogen-bond donors (Lipinski definition) is 3. The summed E-state index contributed by atoms with van der Waals surface area (Å²) in [5.41, 5.74) is 14.1. The maximum atomic E-state index is 14.0. The molecule has 0 aliphatic carbocycles. The van der Waals surface area contributed by atoms with Crippen molar-refractivity contribution in [2.24, 2.45) is 16.5 Å². The summed E-state index contributed by atoms with van der Waals surface area (Å²) >= 11 is 0. The van der Waals surface area contributed by atoms with Crippen LogP contribution in [0.3, 0.4) is 0 Å². The molecule has 7 heteroatoms. The third-order valence-corrected chi connectivity index (χ3v) is 8.34. The minimum Gasteiger partial charge on any atom is -0.370 e. The standard InChI is InChI=1S/C36H41N5O2/c37-36(38)39-22-9-16-33-35(43)41(25-32(27-11-3-1-4-12-27)28-13-5-2-6-14-28)23-21-31(40-33)19-20-34(42)30-18-17-26-10-7-8-15-29(26)24-30/h1-8,10-15,17-18,24,31-33,40H,9,16,19-23,25H2,(H4,37,38,39)/t31-,33-/m1/s1. The fourth-order valence-corrected chi connectivity index (χ4v) is 6.01. The average Bonchev–Trinajstić information content (AvgIpc) is 3.19. The second kappa shape index (κ2) is 14.6. The number of rotatable bonds is 12. The lowest BCUT2D eigenvalue weighted by Gasteiger charge is -2.29. The lowest BCUT2D eigenvalue weighted by atomic mass is 9.90. The van der Waals surface area contributed by atoms with Crippen LogP contribution in [0.25, 0.3) is 10.8 Å². The number of nitrogens with two attached hydrogens (primary N) is 2. The molecule has 1 aliphatic rings. The molecule has 0 bridgehead atoms. The van der Waals surface area contributed by atoms with Gasteiger partial charge in [-0.1, -0.05) is 97.1 Å². The van der Waals surface area contributed by atoms with Crippen molar-refractivity contribution < 1.29 is 9.59 Å². The minimum atomic E-state index is -0.371. The Morgan fingerprint density at radius 2 is 1.51 bits per heavy atom. The van der Waals surface area contributed by atoms with Gasteiger partial charge in [-0.2, -0.15) is 0 Å². The fourth-order valence-electron chi connectivity index (χ4n) is 6.01. The van der Waals surface area contributed by atoms with E-state index in [9.17, 15) is 9.59 Å². The van der Waals surface area contributed by atoms with E-state index in [4.69, 9.17) is 11.5 Å². The summed E-state index contributed by atoms with van der Waals surface area (Å²) in [6, 6.07) is 34.4. The molecule has 1 saturated heterocycles. The molecule has 43 heavy (non-hydrogen) atoms. The summed E-state index contributed by atoms with van der Waals surface area (Å²) in [5.74, 6) is 0.322. The van der Waals surface area contributed by atoms with Gasteiger partial charge in [0.1, 0.15) is 0 Å². The molecule has 2 atom stereocenters. The van der Waals surface area contributed by atoms with Gasteiger partial charge in [0.2, 0.25) is 5.91 Å². The number of amides is 1. The van der Waals surface area contributed by atoms with Crippen LogP contribution in [0, 0.1) is 0 Å². The maximum Gasteiger partial charge on any atom is 0.239 e. The van der Waals surface area contributed by atoms with Crippen molar-refractivity contribution in [2.45, 2.75) is 50.1 Å². The summed E-state index contributed by atoms with van der Waals surface area (Å²) < 4.78 is 0. The molecule has 0 unspecified atom stereocenters. The highest BCUT2D eigenvalue weighted by molar-refractivity contribution is 6.00. The zero-order valence-electron chi connectivity index (χ0n) is 24.6. The van der Waals surface area contributed by atoms with Crippen molar-refractivity contribution in [3.8, 4) is 0 Å². The Balaban J connectivity index is 1.31. The minimum absolute atomic E-state index is 0.0401. The first-order valence-electron chi connectivity index (χ1n) is 15.2. The van der Waals surface area contributed by atoms with E-state index in [2.05, 4.69) is 40.6 Å². The molecule has 1 aliphatic heterocycles. The molecule has 5 N–H and O–H groups in total. The van der Waals surface area contributed by atoms with Crippen molar-refractivity contribution in [1.29, 1.82) is 0 Å². The molecule has 4 aromatic rings. The molecule has 4 aromatic carbocycles. The van der Waals surface area contributed by atoms with Gasteiger partial charge in [-0.3, -0.25) is 14.6 Å². The second-order valence-electron chi connectivity index (χ2n) is 11.3. The average molecular weight is 576 g/mol. The Morgan fingerprint density at radius 3 is 2.19 bits per heavy atom. The number of nitrogens with one attached hydrogen (secondary N) is 1. The van der Waals surface area contributed by atoms with Gasteiger partial charge in [-0.15, -0.1) is 0 Å².